The van der Waals surface area contributed by atoms with Gasteiger partial charge in [-0.2, -0.15) is 0 Å². The largest absolute Gasteiger partial charge is 0.496 e. The molecule has 2 aromatic rings. The van der Waals surface area contributed by atoms with Gasteiger partial charge in [0.2, 0.25) is 5.91 Å². The quantitative estimate of drug-likeness (QED) is 0.640. The van der Waals surface area contributed by atoms with Gasteiger partial charge < -0.3 is 20.3 Å². The number of pyridine rings is 1. The summed E-state index contributed by atoms with van der Waals surface area (Å²) in [5, 5.41) is 6.44. The van der Waals surface area contributed by atoms with Crippen molar-refractivity contribution in [3.8, 4) is 16.9 Å². The predicted octanol–water partition coefficient (Wildman–Crippen LogP) is 4.06. The van der Waals surface area contributed by atoms with Crippen LogP contribution in [0.25, 0.3) is 11.1 Å². The van der Waals surface area contributed by atoms with E-state index in [0.717, 1.165) is 53.9 Å². The fourth-order valence-electron chi connectivity index (χ4n) is 3.91. The van der Waals surface area contributed by atoms with Crippen LogP contribution in [0.3, 0.4) is 0 Å². The second kappa shape index (κ2) is 12.7. The van der Waals surface area contributed by atoms with E-state index in [2.05, 4.69) is 27.8 Å². The minimum absolute atomic E-state index is 0. The molecule has 31 heavy (non-hydrogen) atoms. The molecule has 8 heteroatoms. The third-order valence-electron chi connectivity index (χ3n) is 5.78. The number of nitrogens with zero attached hydrogens (tertiary/aromatic N) is 2. The van der Waals surface area contributed by atoms with Gasteiger partial charge in [-0.25, -0.2) is 4.98 Å². The second-order valence-corrected chi connectivity index (χ2v) is 7.88. The summed E-state index contributed by atoms with van der Waals surface area (Å²) in [6.45, 7) is 0.466. The van der Waals surface area contributed by atoms with Crippen LogP contribution < -0.4 is 20.3 Å². The minimum Gasteiger partial charge on any atom is -0.496 e. The molecule has 2 N–H and O–H groups in total. The highest BCUT2D eigenvalue weighted by molar-refractivity contribution is 5.85. The van der Waals surface area contributed by atoms with Crippen molar-refractivity contribution in [2.24, 2.45) is 5.92 Å². The average molecular weight is 469 g/mol. The smallest absolute Gasteiger partial charge is 0.223 e. The monoisotopic (exact) mass is 468 g/mol. The van der Waals surface area contributed by atoms with Gasteiger partial charge in [-0.15, -0.1) is 24.8 Å². The number of ether oxygens (including phenoxy) is 1. The fourth-order valence-corrected chi connectivity index (χ4v) is 3.91. The molecule has 0 atom stereocenters. The molecule has 0 saturated heterocycles. The Morgan fingerprint density at radius 1 is 1.10 bits per heavy atom. The number of methoxy groups -OCH3 is 1. The zero-order chi connectivity index (χ0) is 20.8. The lowest BCUT2D eigenvalue weighted by atomic mass is 9.85. The van der Waals surface area contributed by atoms with Crippen molar-refractivity contribution in [2.75, 3.05) is 33.2 Å². The lowest BCUT2D eigenvalue weighted by Crippen LogP contribution is -2.37. The van der Waals surface area contributed by atoms with Crippen LogP contribution in [0, 0.1) is 5.92 Å². The van der Waals surface area contributed by atoms with Gasteiger partial charge in [0, 0.05) is 44.4 Å². The molecule has 1 amide bonds. The van der Waals surface area contributed by atoms with Crippen molar-refractivity contribution in [3.05, 3.63) is 42.1 Å². The summed E-state index contributed by atoms with van der Waals surface area (Å²) in [7, 11) is 7.61. The number of anilines is 1. The fraction of sp³-hybridized carbons (Fsp3) is 0.478. The van der Waals surface area contributed by atoms with Crippen LogP contribution >= 0.6 is 24.8 Å². The standard InChI is InChI=1S/C23H32N4O2.2ClH/c1-24-20-8-5-16(6-9-20)23(28)26-15-19-13-17(7-10-21(19)29-4)18-11-12-25-22(14-18)27(2)3;;/h7,10-14,16,20,24H,5-6,8-9,15H2,1-4H3,(H,26,28);2*1H. The lowest BCUT2D eigenvalue weighted by Gasteiger charge is -2.27. The van der Waals surface area contributed by atoms with Gasteiger partial charge in [0.15, 0.2) is 0 Å². The molecule has 1 aromatic heterocycles. The van der Waals surface area contributed by atoms with Crippen molar-refractivity contribution in [3.63, 3.8) is 0 Å². The Morgan fingerprint density at radius 2 is 1.77 bits per heavy atom. The first kappa shape index (κ1) is 27.0. The Labute approximate surface area is 198 Å². The van der Waals surface area contributed by atoms with E-state index >= 15 is 0 Å². The van der Waals surface area contributed by atoms with Gasteiger partial charge in [0.05, 0.1) is 7.11 Å². The Morgan fingerprint density at radius 3 is 2.39 bits per heavy atom. The van der Waals surface area contributed by atoms with Gasteiger partial charge in [0.25, 0.3) is 0 Å². The summed E-state index contributed by atoms with van der Waals surface area (Å²) < 4.78 is 5.52. The molecule has 6 nitrogen and oxygen atoms in total. The van der Waals surface area contributed by atoms with Crippen LogP contribution in [0.5, 0.6) is 5.75 Å². The van der Waals surface area contributed by atoms with Crippen molar-refractivity contribution in [2.45, 2.75) is 38.3 Å². The zero-order valence-corrected chi connectivity index (χ0v) is 20.3. The summed E-state index contributed by atoms with van der Waals surface area (Å²) in [5.74, 6) is 1.95. The van der Waals surface area contributed by atoms with Crippen LogP contribution in [0.2, 0.25) is 0 Å². The number of benzene rings is 1. The molecule has 3 rings (SSSR count). The number of aromatic nitrogens is 1. The summed E-state index contributed by atoms with van der Waals surface area (Å²) in [6, 6.07) is 10.7. The zero-order valence-electron chi connectivity index (χ0n) is 18.7. The summed E-state index contributed by atoms with van der Waals surface area (Å²) in [4.78, 5) is 19.0. The SMILES string of the molecule is CNC1CCC(C(=O)NCc2cc(-c3ccnc(N(C)C)c3)ccc2OC)CC1.Cl.Cl. The molecule has 0 bridgehead atoms. The number of halogens is 2. The summed E-state index contributed by atoms with van der Waals surface area (Å²) in [5.41, 5.74) is 3.14. The molecule has 0 radical (unpaired) electrons. The predicted molar refractivity (Wildman–Crippen MR) is 132 cm³/mol. The maximum atomic E-state index is 12.7. The van der Waals surface area contributed by atoms with Crippen molar-refractivity contribution in [1.82, 2.24) is 15.6 Å². The Bertz CT molecular complexity index is 840. The first-order valence-corrected chi connectivity index (χ1v) is 10.3. The summed E-state index contributed by atoms with van der Waals surface area (Å²) >= 11 is 0. The van der Waals surface area contributed by atoms with Crippen LogP contribution in [-0.2, 0) is 11.3 Å². The van der Waals surface area contributed by atoms with Crippen molar-refractivity contribution in [1.29, 1.82) is 0 Å². The van der Waals surface area contributed by atoms with Gasteiger partial charge in [-0.1, -0.05) is 6.07 Å². The molecule has 1 saturated carbocycles. The highest BCUT2D eigenvalue weighted by atomic mass is 35.5. The van der Waals surface area contributed by atoms with E-state index < -0.39 is 0 Å². The number of carbonyl (C=O) groups excluding carboxylic acids is 1. The molecule has 0 aliphatic heterocycles. The van der Waals surface area contributed by atoms with Gasteiger partial charge in [0.1, 0.15) is 11.6 Å². The molecule has 1 aromatic carbocycles. The molecule has 1 aliphatic rings. The van der Waals surface area contributed by atoms with Crippen LogP contribution in [-0.4, -0.2) is 45.2 Å². The Balaban J connectivity index is 0.00000240. The van der Waals surface area contributed by atoms with E-state index in [1.165, 1.54) is 0 Å². The highest BCUT2D eigenvalue weighted by Gasteiger charge is 2.25. The van der Waals surface area contributed by atoms with Crippen LogP contribution in [0.4, 0.5) is 5.82 Å². The van der Waals surface area contributed by atoms with Gasteiger partial charge >= 0.3 is 0 Å². The molecule has 172 valence electrons. The number of rotatable bonds is 7. The first-order valence-electron chi connectivity index (χ1n) is 10.3. The van der Waals surface area contributed by atoms with E-state index in [-0.39, 0.29) is 36.6 Å². The average Bonchev–Trinajstić information content (AvgIpc) is 2.77. The van der Waals surface area contributed by atoms with E-state index in [1.54, 1.807) is 7.11 Å². The number of hydrogen-bond donors (Lipinski definition) is 2. The first-order chi connectivity index (χ1) is 14.0. The second-order valence-electron chi connectivity index (χ2n) is 7.88. The molecule has 0 spiro atoms. The maximum absolute atomic E-state index is 12.7. The van der Waals surface area contributed by atoms with Crippen LogP contribution in [0.15, 0.2) is 36.5 Å². The molecular weight excluding hydrogens is 435 g/mol. The van der Waals surface area contributed by atoms with Gasteiger partial charge in [-0.3, -0.25) is 4.79 Å². The maximum Gasteiger partial charge on any atom is 0.223 e. The van der Waals surface area contributed by atoms with Gasteiger partial charge in [-0.05, 0) is 68.1 Å². The molecule has 1 fully saturated rings. The van der Waals surface area contributed by atoms with Crippen molar-refractivity contribution < 1.29 is 9.53 Å². The Hall–Kier alpha value is -2.02. The number of amides is 1. The van der Waals surface area contributed by atoms with E-state index in [9.17, 15) is 4.79 Å². The number of carbonyl (C=O) groups is 1. The minimum atomic E-state index is 0. The number of hydrogen-bond acceptors (Lipinski definition) is 5. The molecule has 1 heterocycles. The van der Waals surface area contributed by atoms with E-state index in [1.807, 2.05) is 50.4 Å². The third kappa shape index (κ3) is 6.99. The topological polar surface area (TPSA) is 66.5 Å². The van der Waals surface area contributed by atoms with E-state index in [4.69, 9.17) is 4.74 Å². The molecule has 0 unspecified atom stereocenters. The van der Waals surface area contributed by atoms with Crippen molar-refractivity contribution >= 4 is 36.5 Å². The molecular formula is C23H34Cl2N4O2. The number of nitrogens with one attached hydrogen (secondary N) is 2. The third-order valence-corrected chi connectivity index (χ3v) is 5.78. The lowest BCUT2D eigenvalue weighted by molar-refractivity contribution is -0.126. The molecule has 1 aliphatic carbocycles. The van der Waals surface area contributed by atoms with E-state index in [0.29, 0.717) is 12.6 Å². The normalized spacial score (nSPS) is 17.7. The summed E-state index contributed by atoms with van der Waals surface area (Å²) in [6.07, 6.45) is 5.82. The highest BCUT2D eigenvalue weighted by Crippen LogP contribution is 2.29. The Kier molecular flexibility index (Phi) is 11.1. The van der Waals surface area contributed by atoms with Crippen LogP contribution in [0.1, 0.15) is 31.2 Å².